The largest absolute Gasteiger partial charge is 0.435 e. The molecule has 0 radical (unpaired) electrons. The minimum atomic E-state index is -2.81. The van der Waals surface area contributed by atoms with E-state index in [9.17, 15) is 8.78 Å². The molecule has 2 N–H and O–H groups in total. The maximum atomic E-state index is 12.1. The molecule has 0 bridgehead atoms. The molecule has 0 aliphatic heterocycles. The molecule has 0 amide bonds. The lowest BCUT2D eigenvalue weighted by atomic mass is 9.97. The molecule has 1 aromatic heterocycles. The van der Waals surface area contributed by atoms with E-state index >= 15 is 0 Å². The van der Waals surface area contributed by atoms with Crippen molar-refractivity contribution in [2.45, 2.75) is 32.3 Å². The summed E-state index contributed by atoms with van der Waals surface area (Å²) in [5.41, 5.74) is 8.98. The van der Waals surface area contributed by atoms with Crippen LogP contribution in [0.25, 0.3) is 5.69 Å². The second-order valence-electron chi connectivity index (χ2n) is 4.80. The average Bonchev–Trinajstić information content (AvgIpc) is 2.77. The van der Waals surface area contributed by atoms with Gasteiger partial charge in [0.25, 0.3) is 0 Å². The van der Waals surface area contributed by atoms with Crippen LogP contribution in [0.1, 0.15) is 24.1 Å². The molecule has 1 aromatic carbocycles. The lowest BCUT2D eigenvalue weighted by Crippen LogP contribution is -2.08. The Bertz CT molecular complexity index is 608. The maximum absolute atomic E-state index is 12.1. The van der Waals surface area contributed by atoms with E-state index in [2.05, 4.69) is 9.84 Å². The Morgan fingerprint density at radius 3 is 2.55 bits per heavy atom. The predicted octanol–water partition coefficient (Wildman–Crippen LogP) is 2.93. The third-order valence-electron chi connectivity index (χ3n) is 3.52. The fraction of sp³-hybridized carbons (Fsp3) is 0.357. The van der Waals surface area contributed by atoms with Crippen LogP contribution < -0.4 is 10.5 Å². The molecule has 0 saturated carbocycles. The number of ether oxygens (including phenoxy) is 1. The van der Waals surface area contributed by atoms with Crippen molar-refractivity contribution in [3.05, 3.63) is 35.5 Å². The first-order valence-corrected chi connectivity index (χ1v) is 6.56. The molecule has 0 fully saturated rings. The average molecular weight is 279 g/mol. The first-order chi connectivity index (χ1) is 9.65. The molecule has 3 rings (SSSR count). The van der Waals surface area contributed by atoms with Gasteiger partial charge in [0, 0.05) is 11.3 Å². The van der Waals surface area contributed by atoms with Gasteiger partial charge in [0.05, 0.1) is 5.69 Å². The topological polar surface area (TPSA) is 53.1 Å². The number of halogens is 2. The molecule has 6 heteroatoms. The summed E-state index contributed by atoms with van der Waals surface area (Å²) < 4.78 is 30.4. The van der Waals surface area contributed by atoms with E-state index in [1.807, 2.05) is 0 Å². The second kappa shape index (κ2) is 5.11. The number of nitrogens with two attached hydrogens (primary N) is 1. The number of fused-ring (bicyclic) bond motifs is 1. The molecule has 1 heterocycles. The molecule has 1 aliphatic rings. The Labute approximate surface area is 115 Å². The lowest BCUT2D eigenvalue weighted by molar-refractivity contribution is -0.0498. The normalized spacial score (nSPS) is 14.3. The standard InChI is InChI=1S/C14H15F2N3O/c15-14(16)20-10-7-5-9(6-8-10)19-12-4-2-1-3-11(12)13(17)18-19/h5-8,14H,1-4H2,(H2,17,18). The van der Waals surface area contributed by atoms with Crippen LogP contribution in [0.4, 0.5) is 14.6 Å². The Kier molecular flexibility index (Phi) is 3.30. The Balaban J connectivity index is 1.93. The van der Waals surface area contributed by atoms with Gasteiger partial charge in [-0.1, -0.05) is 0 Å². The van der Waals surface area contributed by atoms with Gasteiger partial charge >= 0.3 is 6.61 Å². The number of rotatable bonds is 3. The van der Waals surface area contributed by atoms with Gasteiger partial charge in [0.2, 0.25) is 0 Å². The van der Waals surface area contributed by atoms with Gasteiger partial charge in [-0.3, -0.25) is 0 Å². The predicted molar refractivity (Wildman–Crippen MR) is 71.3 cm³/mol. The van der Waals surface area contributed by atoms with Crippen LogP contribution in [0.15, 0.2) is 24.3 Å². The number of nitrogen functional groups attached to an aromatic ring is 1. The summed E-state index contributed by atoms with van der Waals surface area (Å²) in [5, 5.41) is 4.36. The molecule has 0 saturated heterocycles. The Morgan fingerprint density at radius 2 is 1.85 bits per heavy atom. The Morgan fingerprint density at radius 1 is 1.15 bits per heavy atom. The van der Waals surface area contributed by atoms with Crippen LogP contribution in [-0.4, -0.2) is 16.4 Å². The lowest BCUT2D eigenvalue weighted by Gasteiger charge is -2.14. The summed E-state index contributed by atoms with van der Waals surface area (Å²) in [6.45, 7) is -2.81. The van der Waals surface area contributed by atoms with Crippen LogP contribution >= 0.6 is 0 Å². The fourth-order valence-corrected chi connectivity index (χ4v) is 2.61. The van der Waals surface area contributed by atoms with Gasteiger partial charge in [-0.05, 0) is 49.9 Å². The van der Waals surface area contributed by atoms with Gasteiger partial charge < -0.3 is 10.5 Å². The van der Waals surface area contributed by atoms with E-state index in [1.54, 1.807) is 16.8 Å². The van der Waals surface area contributed by atoms with Gasteiger partial charge in [-0.15, -0.1) is 0 Å². The fourth-order valence-electron chi connectivity index (χ4n) is 2.61. The summed E-state index contributed by atoms with van der Waals surface area (Å²) in [6.07, 6.45) is 4.14. The van der Waals surface area contributed by atoms with Crippen molar-refractivity contribution in [1.29, 1.82) is 0 Å². The second-order valence-corrected chi connectivity index (χ2v) is 4.80. The number of benzene rings is 1. The summed E-state index contributed by atoms with van der Waals surface area (Å²) >= 11 is 0. The number of hydrogen-bond donors (Lipinski definition) is 1. The van der Waals surface area contributed by atoms with E-state index in [0.29, 0.717) is 5.82 Å². The highest BCUT2D eigenvalue weighted by atomic mass is 19.3. The van der Waals surface area contributed by atoms with Crippen LogP contribution in [0.2, 0.25) is 0 Å². The molecule has 20 heavy (non-hydrogen) atoms. The van der Waals surface area contributed by atoms with Gasteiger partial charge in [0.1, 0.15) is 11.6 Å². The quantitative estimate of drug-likeness (QED) is 0.939. The van der Waals surface area contributed by atoms with Crippen LogP contribution in [0.5, 0.6) is 5.75 Å². The molecule has 0 spiro atoms. The monoisotopic (exact) mass is 279 g/mol. The van der Waals surface area contributed by atoms with E-state index < -0.39 is 6.61 Å². The third kappa shape index (κ3) is 2.33. The summed E-state index contributed by atoms with van der Waals surface area (Å²) in [7, 11) is 0. The van der Waals surface area contributed by atoms with Crippen molar-refractivity contribution in [2.75, 3.05) is 5.73 Å². The molecule has 2 aromatic rings. The molecular formula is C14H15F2N3O. The molecular weight excluding hydrogens is 264 g/mol. The zero-order valence-electron chi connectivity index (χ0n) is 10.9. The molecule has 0 unspecified atom stereocenters. The highest BCUT2D eigenvalue weighted by Crippen LogP contribution is 2.28. The van der Waals surface area contributed by atoms with E-state index in [0.717, 1.165) is 42.6 Å². The van der Waals surface area contributed by atoms with Crippen molar-refractivity contribution in [3.8, 4) is 11.4 Å². The van der Waals surface area contributed by atoms with Crippen LogP contribution in [0.3, 0.4) is 0 Å². The number of alkyl halides is 2. The van der Waals surface area contributed by atoms with Gasteiger partial charge in [-0.25, -0.2) is 4.68 Å². The number of aromatic nitrogens is 2. The summed E-state index contributed by atoms with van der Waals surface area (Å²) in [6, 6.07) is 6.43. The molecule has 106 valence electrons. The molecule has 4 nitrogen and oxygen atoms in total. The molecule has 1 aliphatic carbocycles. The van der Waals surface area contributed by atoms with E-state index in [4.69, 9.17) is 5.73 Å². The SMILES string of the molecule is Nc1nn(-c2ccc(OC(F)F)cc2)c2c1CCCC2. The number of hydrogen-bond acceptors (Lipinski definition) is 3. The first-order valence-electron chi connectivity index (χ1n) is 6.56. The van der Waals surface area contributed by atoms with Gasteiger partial charge in [-0.2, -0.15) is 13.9 Å². The van der Waals surface area contributed by atoms with E-state index in [-0.39, 0.29) is 5.75 Å². The van der Waals surface area contributed by atoms with Crippen molar-refractivity contribution < 1.29 is 13.5 Å². The summed E-state index contributed by atoms with van der Waals surface area (Å²) in [4.78, 5) is 0. The minimum Gasteiger partial charge on any atom is -0.435 e. The number of nitrogens with zero attached hydrogens (tertiary/aromatic N) is 2. The van der Waals surface area contributed by atoms with Crippen molar-refractivity contribution in [1.82, 2.24) is 9.78 Å². The molecule has 0 atom stereocenters. The minimum absolute atomic E-state index is 0.137. The maximum Gasteiger partial charge on any atom is 0.387 e. The Hall–Kier alpha value is -2.11. The highest BCUT2D eigenvalue weighted by Gasteiger charge is 2.20. The van der Waals surface area contributed by atoms with E-state index in [1.165, 1.54) is 12.1 Å². The van der Waals surface area contributed by atoms with Crippen molar-refractivity contribution in [2.24, 2.45) is 0 Å². The van der Waals surface area contributed by atoms with Gasteiger partial charge in [0.15, 0.2) is 0 Å². The smallest absolute Gasteiger partial charge is 0.387 e. The zero-order chi connectivity index (χ0) is 14.1. The highest BCUT2D eigenvalue weighted by molar-refractivity contribution is 5.49. The number of anilines is 1. The van der Waals surface area contributed by atoms with Crippen LogP contribution in [0, 0.1) is 0 Å². The third-order valence-corrected chi connectivity index (χ3v) is 3.52. The van der Waals surface area contributed by atoms with Crippen LogP contribution in [-0.2, 0) is 12.8 Å². The van der Waals surface area contributed by atoms with Crippen molar-refractivity contribution in [3.63, 3.8) is 0 Å². The summed E-state index contributed by atoms with van der Waals surface area (Å²) in [5.74, 6) is 0.699. The van der Waals surface area contributed by atoms with Crippen molar-refractivity contribution >= 4 is 5.82 Å². The zero-order valence-corrected chi connectivity index (χ0v) is 10.9. The first kappa shape index (κ1) is 12.9.